The fourth-order valence-electron chi connectivity index (χ4n) is 7.98. The quantitative estimate of drug-likeness (QED) is 0.184. The van der Waals surface area contributed by atoms with E-state index in [0.717, 1.165) is 33.4 Å². The third-order valence-corrected chi connectivity index (χ3v) is 10.7. The highest BCUT2D eigenvalue weighted by Gasteiger charge is 2.34. The zero-order chi connectivity index (χ0) is 34.8. The van der Waals surface area contributed by atoms with Crippen molar-refractivity contribution >= 4 is 21.8 Å². The van der Waals surface area contributed by atoms with Crippen molar-refractivity contribution in [3.05, 3.63) is 181 Å². The van der Waals surface area contributed by atoms with Gasteiger partial charge in [0, 0.05) is 32.9 Å². The molecule has 3 heterocycles. The molecule has 0 N–H and O–H groups in total. The van der Waals surface area contributed by atoms with Crippen molar-refractivity contribution in [3.8, 4) is 62.1 Å². The van der Waals surface area contributed by atoms with Crippen LogP contribution in [0.1, 0.15) is 25.0 Å². The summed E-state index contributed by atoms with van der Waals surface area (Å²) in [7, 11) is 0. The first-order valence-corrected chi connectivity index (χ1v) is 17.8. The van der Waals surface area contributed by atoms with Gasteiger partial charge >= 0.3 is 0 Å². The predicted molar refractivity (Wildman–Crippen MR) is 213 cm³/mol. The number of hydrogen-bond donors (Lipinski definition) is 0. The molecule has 2 aromatic heterocycles. The summed E-state index contributed by atoms with van der Waals surface area (Å²) < 4.78 is 2.46. The zero-order valence-electron chi connectivity index (χ0n) is 29.0. The Balaban J connectivity index is 1.09. The average molecular weight is 667 g/mol. The summed E-state index contributed by atoms with van der Waals surface area (Å²) in [5, 5.41) is 2.53. The van der Waals surface area contributed by atoms with E-state index in [1.807, 2.05) is 36.4 Å². The first-order valence-electron chi connectivity index (χ1n) is 17.8. The van der Waals surface area contributed by atoms with E-state index in [2.05, 4.69) is 152 Å². The normalized spacial score (nSPS) is 13.0. The second-order valence-electron chi connectivity index (χ2n) is 14.1. The lowest BCUT2D eigenvalue weighted by Gasteiger charge is -2.34. The van der Waals surface area contributed by atoms with Gasteiger partial charge in [0.15, 0.2) is 17.5 Å². The highest BCUT2D eigenvalue weighted by atomic mass is 15.0. The van der Waals surface area contributed by atoms with Gasteiger partial charge in [-0.15, -0.1) is 0 Å². The van der Waals surface area contributed by atoms with E-state index in [1.54, 1.807) is 0 Å². The van der Waals surface area contributed by atoms with Crippen molar-refractivity contribution in [1.29, 1.82) is 0 Å². The molecule has 1 aliphatic rings. The molecule has 4 heteroatoms. The maximum absolute atomic E-state index is 5.07. The second kappa shape index (κ2) is 11.7. The van der Waals surface area contributed by atoms with E-state index in [1.165, 1.54) is 44.2 Å². The molecule has 0 unspecified atom stereocenters. The molecule has 10 rings (SSSR count). The molecule has 52 heavy (non-hydrogen) atoms. The van der Waals surface area contributed by atoms with Crippen molar-refractivity contribution in [2.24, 2.45) is 0 Å². The van der Waals surface area contributed by atoms with Gasteiger partial charge in [-0.1, -0.05) is 159 Å². The Bertz CT molecular complexity index is 2800. The van der Waals surface area contributed by atoms with Gasteiger partial charge in [-0.05, 0) is 57.6 Å². The van der Waals surface area contributed by atoms with E-state index >= 15 is 0 Å². The van der Waals surface area contributed by atoms with Gasteiger partial charge in [0.25, 0.3) is 0 Å². The minimum absolute atomic E-state index is 0.0937. The lowest BCUT2D eigenvalue weighted by Crippen LogP contribution is -2.26. The summed E-state index contributed by atoms with van der Waals surface area (Å²) in [4.78, 5) is 15.1. The number of para-hydroxylation sites is 2. The van der Waals surface area contributed by atoms with Crippen LogP contribution in [0.5, 0.6) is 0 Å². The van der Waals surface area contributed by atoms with E-state index in [-0.39, 0.29) is 5.41 Å². The van der Waals surface area contributed by atoms with Crippen molar-refractivity contribution in [2.45, 2.75) is 19.3 Å². The zero-order valence-corrected chi connectivity index (χ0v) is 29.0. The molecule has 0 spiro atoms. The lowest BCUT2D eigenvalue weighted by molar-refractivity contribution is 0.630. The summed E-state index contributed by atoms with van der Waals surface area (Å²) in [5.74, 6) is 1.94. The van der Waals surface area contributed by atoms with E-state index in [9.17, 15) is 0 Å². The van der Waals surface area contributed by atoms with Crippen LogP contribution in [-0.4, -0.2) is 19.5 Å². The van der Waals surface area contributed by atoms with Crippen LogP contribution in [0.4, 0.5) is 0 Å². The summed E-state index contributed by atoms with van der Waals surface area (Å²) in [5.41, 5.74) is 13.8. The van der Waals surface area contributed by atoms with E-state index < -0.39 is 0 Å². The van der Waals surface area contributed by atoms with Crippen LogP contribution < -0.4 is 0 Å². The number of benzene rings is 7. The Kier molecular flexibility index (Phi) is 6.80. The minimum Gasteiger partial charge on any atom is -0.309 e. The fraction of sp³-hybridized carbons (Fsp3) is 0.0625. The third kappa shape index (κ3) is 4.79. The predicted octanol–water partition coefficient (Wildman–Crippen LogP) is 11.9. The molecule has 0 amide bonds. The number of hydrogen-bond acceptors (Lipinski definition) is 3. The maximum atomic E-state index is 5.07. The smallest absolute Gasteiger partial charge is 0.164 e. The Morgan fingerprint density at radius 3 is 1.63 bits per heavy atom. The van der Waals surface area contributed by atoms with E-state index in [0.29, 0.717) is 17.5 Å². The molecule has 0 radical (unpaired) electrons. The van der Waals surface area contributed by atoms with Gasteiger partial charge in [0.05, 0.1) is 16.7 Å². The molecule has 0 aliphatic carbocycles. The SMILES string of the molecule is CC1(C)c2ccccc2-n2c3ccc(-c4cccc(-c5nc(-c6ccccc6)nc(-c6ccc(-c7ccccc7)cc6)n5)c4)cc3c3cccc1c32. The molecule has 0 saturated heterocycles. The Hall–Kier alpha value is -6.65. The summed E-state index contributed by atoms with van der Waals surface area (Å²) in [6.07, 6.45) is 0. The number of fused-ring (bicyclic) bond motifs is 5. The highest BCUT2D eigenvalue weighted by molar-refractivity contribution is 6.12. The molecule has 0 atom stereocenters. The molecule has 0 bridgehead atoms. The molecule has 9 aromatic rings. The first kappa shape index (κ1) is 30.2. The van der Waals surface area contributed by atoms with Crippen LogP contribution in [0.2, 0.25) is 0 Å². The lowest BCUT2D eigenvalue weighted by atomic mass is 9.75. The van der Waals surface area contributed by atoms with Crippen LogP contribution in [0.25, 0.3) is 83.9 Å². The molecule has 246 valence electrons. The van der Waals surface area contributed by atoms with Gasteiger partial charge in [0.1, 0.15) is 0 Å². The van der Waals surface area contributed by atoms with Crippen molar-refractivity contribution in [1.82, 2.24) is 19.5 Å². The van der Waals surface area contributed by atoms with Crippen LogP contribution in [0.3, 0.4) is 0 Å². The number of nitrogens with zero attached hydrogens (tertiary/aromatic N) is 4. The number of rotatable bonds is 5. The first-order chi connectivity index (χ1) is 25.5. The van der Waals surface area contributed by atoms with E-state index in [4.69, 9.17) is 15.0 Å². The molecular weight excluding hydrogens is 633 g/mol. The van der Waals surface area contributed by atoms with Crippen molar-refractivity contribution in [2.75, 3.05) is 0 Å². The molecule has 1 aliphatic heterocycles. The fourth-order valence-corrected chi connectivity index (χ4v) is 7.98. The Morgan fingerprint density at radius 1 is 0.385 bits per heavy atom. The highest BCUT2D eigenvalue weighted by Crippen LogP contribution is 2.47. The second-order valence-corrected chi connectivity index (χ2v) is 14.1. The largest absolute Gasteiger partial charge is 0.309 e. The van der Waals surface area contributed by atoms with Gasteiger partial charge in [-0.3, -0.25) is 0 Å². The molecule has 4 nitrogen and oxygen atoms in total. The monoisotopic (exact) mass is 666 g/mol. The standard InChI is InChI=1S/C48H34N4/c1-48(2)40-20-9-10-22-43(40)52-42-28-27-36(30-39(42)38-19-12-21-41(48)44(38)52)35-17-11-18-37(29-35)47-50-45(33-15-7-4-8-16-33)49-46(51-47)34-25-23-32(24-26-34)31-13-5-3-6-14-31/h3-30H,1-2H3. The van der Waals surface area contributed by atoms with Gasteiger partial charge in [0.2, 0.25) is 0 Å². The topological polar surface area (TPSA) is 43.6 Å². The molecule has 0 saturated carbocycles. The van der Waals surface area contributed by atoms with Gasteiger partial charge < -0.3 is 4.57 Å². The summed E-state index contributed by atoms with van der Waals surface area (Å²) >= 11 is 0. The van der Waals surface area contributed by atoms with Crippen molar-refractivity contribution in [3.63, 3.8) is 0 Å². The van der Waals surface area contributed by atoms with Crippen molar-refractivity contribution < 1.29 is 0 Å². The number of aromatic nitrogens is 4. The van der Waals surface area contributed by atoms with Crippen LogP contribution >= 0.6 is 0 Å². The van der Waals surface area contributed by atoms with Crippen LogP contribution in [0, 0.1) is 0 Å². The average Bonchev–Trinajstić information content (AvgIpc) is 3.55. The van der Waals surface area contributed by atoms with Crippen LogP contribution in [-0.2, 0) is 5.41 Å². The Morgan fingerprint density at radius 2 is 0.885 bits per heavy atom. The van der Waals surface area contributed by atoms with Gasteiger partial charge in [-0.25, -0.2) is 15.0 Å². The Labute approximate surface area is 302 Å². The molecule has 0 fully saturated rings. The van der Waals surface area contributed by atoms with Gasteiger partial charge in [-0.2, -0.15) is 0 Å². The maximum Gasteiger partial charge on any atom is 0.164 e. The summed E-state index contributed by atoms with van der Waals surface area (Å²) in [6, 6.07) is 60.1. The van der Waals surface area contributed by atoms with Crippen LogP contribution in [0.15, 0.2) is 170 Å². The third-order valence-electron chi connectivity index (χ3n) is 10.7. The molecular formula is C48H34N4. The molecule has 7 aromatic carbocycles. The minimum atomic E-state index is -0.0937. The summed E-state index contributed by atoms with van der Waals surface area (Å²) in [6.45, 7) is 4.68.